The van der Waals surface area contributed by atoms with E-state index in [0.29, 0.717) is 5.56 Å². The number of carboxylic acids is 1. The molecule has 1 N–H and O–H groups in total. The number of aliphatic carboxylic acids is 1. The van der Waals surface area contributed by atoms with Crippen LogP contribution < -0.4 is 0 Å². The molecule has 1 aromatic rings. The summed E-state index contributed by atoms with van der Waals surface area (Å²) in [6.07, 6.45) is 3.96. The quantitative estimate of drug-likeness (QED) is 0.905. The summed E-state index contributed by atoms with van der Waals surface area (Å²) in [7, 11) is 0. The number of benzene rings is 1. The number of carbonyl (C=O) groups excluding carboxylic acids is 1. The molecule has 19 heavy (non-hydrogen) atoms. The lowest BCUT2D eigenvalue weighted by atomic mass is 10.1. The molecule has 1 saturated carbocycles. The van der Waals surface area contributed by atoms with Gasteiger partial charge in [0.25, 0.3) is 5.91 Å². The molecule has 102 valence electrons. The van der Waals surface area contributed by atoms with Crippen molar-refractivity contribution >= 4 is 11.9 Å². The van der Waals surface area contributed by atoms with E-state index in [9.17, 15) is 9.59 Å². The van der Waals surface area contributed by atoms with E-state index in [1.807, 2.05) is 25.1 Å². The molecule has 1 aliphatic rings. The summed E-state index contributed by atoms with van der Waals surface area (Å²) >= 11 is 0. The predicted octanol–water partition coefficient (Wildman–Crippen LogP) is 2.46. The third-order valence-electron chi connectivity index (χ3n) is 3.60. The third kappa shape index (κ3) is 3.34. The molecule has 1 amide bonds. The molecule has 0 atom stereocenters. The van der Waals surface area contributed by atoms with Gasteiger partial charge < -0.3 is 10.0 Å². The summed E-state index contributed by atoms with van der Waals surface area (Å²) < 4.78 is 0. The standard InChI is InChI=1S/C15H19NO3/c1-11-5-4-6-12(9-11)15(19)16(10-14(17)18)13-7-2-3-8-13/h4-6,9,13H,2-3,7-8,10H2,1H3,(H,17,18). The van der Waals surface area contributed by atoms with Gasteiger partial charge in [0, 0.05) is 11.6 Å². The van der Waals surface area contributed by atoms with Gasteiger partial charge in [0.2, 0.25) is 0 Å². The highest BCUT2D eigenvalue weighted by Crippen LogP contribution is 2.25. The molecule has 0 aliphatic heterocycles. The molecule has 4 nitrogen and oxygen atoms in total. The summed E-state index contributed by atoms with van der Waals surface area (Å²) in [5, 5.41) is 9.00. The maximum absolute atomic E-state index is 12.5. The molecule has 4 heteroatoms. The van der Waals surface area contributed by atoms with E-state index in [0.717, 1.165) is 31.2 Å². The Balaban J connectivity index is 2.21. The maximum Gasteiger partial charge on any atom is 0.323 e. The Bertz CT molecular complexity index is 478. The van der Waals surface area contributed by atoms with Gasteiger partial charge in [-0.3, -0.25) is 9.59 Å². The number of carbonyl (C=O) groups is 2. The Morgan fingerprint density at radius 2 is 2.00 bits per heavy atom. The molecule has 0 unspecified atom stereocenters. The number of aryl methyl sites for hydroxylation is 1. The van der Waals surface area contributed by atoms with Crippen LogP contribution in [0.4, 0.5) is 0 Å². The van der Waals surface area contributed by atoms with Gasteiger partial charge in [-0.05, 0) is 31.9 Å². The Hall–Kier alpha value is -1.84. The number of nitrogens with zero attached hydrogens (tertiary/aromatic N) is 1. The molecular formula is C15H19NO3. The second-order valence-corrected chi connectivity index (χ2v) is 5.13. The second-order valence-electron chi connectivity index (χ2n) is 5.13. The smallest absolute Gasteiger partial charge is 0.323 e. The van der Waals surface area contributed by atoms with Crippen molar-refractivity contribution in [3.8, 4) is 0 Å². The van der Waals surface area contributed by atoms with E-state index < -0.39 is 5.97 Å². The van der Waals surface area contributed by atoms with Crippen molar-refractivity contribution in [1.29, 1.82) is 0 Å². The molecule has 0 radical (unpaired) electrons. The van der Waals surface area contributed by atoms with Crippen molar-refractivity contribution < 1.29 is 14.7 Å². The van der Waals surface area contributed by atoms with Crippen molar-refractivity contribution in [3.63, 3.8) is 0 Å². The predicted molar refractivity (Wildman–Crippen MR) is 72.1 cm³/mol. The highest BCUT2D eigenvalue weighted by molar-refractivity contribution is 5.96. The fourth-order valence-electron chi connectivity index (χ4n) is 2.67. The SMILES string of the molecule is Cc1cccc(C(=O)N(CC(=O)O)C2CCCC2)c1. The first-order valence-corrected chi connectivity index (χ1v) is 6.67. The summed E-state index contributed by atoms with van der Waals surface area (Å²) in [5.74, 6) is -1.12. The van der Waals surface area contributed by atoms with Crippen molar-refractivity contribution in [1.82, 2.24) is 4.90 Å². The van der Waals surface area contributed by atoms with Gasteiger partial charge in [-0.1, -0.05) is 30.5 Å². The highest BCUT2D eigenvalue weighted by Gasteiger charge is 2.28. The van der Waals surface area contributed by atoms with Crippen molar-refractivity contribution in [2.75, 3.05) is 6.54 Å². The fourth-order valence-corrected chi connectivity index (χ4v) is 2.67. The van der Waals surface area contributed by atoms with Crippen LogP contribution in [-0.4, -0.2) is 34.5 Å². The first-order chi connectivity index (χ1) is 9.08. The van der Waals surface area contributed by atoms with Crippen LogP contribution in [-0.2, 0) is 4.79 Å². The first kappa shape index (κ1) is 13.6. The molecular weight excluding hydrogens is 242 g/mol. The molecule has 0 spiro atoms. The number of hydrogen-bond donors (Lipinski definition) is 1. The fraction of sp³-hybridized carbons (Fsp3) is 0.467. The van der Waals surface area contributed by atoms with Crippen LogP contribution in [0.3, 0.4) is 0 Å². The minimum absolute atomic E-state index is 0.0733. The summed E-state index contributed by atoms with van der Waals surface area (Å²) in [6, 6.07) is 7.39. The lowest BCUT2D eigenvalue weighted by Crippen LogP contribution is -2.42. The Kier molecular flexibility index (Phi) is 4.20. The van der Waals surface area contributed by atoms with E-state index in [4.69, 9.17) is 5.11 Å². The van der Waals surface area contributed by atoms with Gasteiger partial charge in [0.1, 0.15) is 6.54 Å². The van der Waals surface area contributed by atoms with Gasteiger partial charge in [0.15, 0.2) is 0 Å². The van der Waals surface area contributed by atoms with E-state index in [1.54, 1.807) is 6.07 Å². The van der Waals surface area contributed by atoms with E-state index in [1.165, 1.54) is 4.90 Å². The van der Waals surface area contributed by atoms with Crippen LogP contribution >= 0.6 is 0 Å². The molecule has 2 rings (SSSR count). The number of carboxylic acid groups (broad SMARTS) is 1. The van der Waals surface area contributed by atoms with Crippen molar-refractivity contribution in [2.24, 2.45) is 0 Å². The van der Waals surface area contributed by atoms with Crippen molar-refractivity contribution in [2.45, 2.75) is 38.6 Å². The van der Waals surface area contributed by atoms with E-state index in [2.05, 4.69) is 0 Å². The summed E-state index contributed by atoms with van der Waals surface area (Å²) in [5.41, 5.74) is 1.58. The Morgan fingerprint density at radius 1 is 1.32 bits per heavy atom. The lowest BCUT2D eigenvalue weighted by molar-refractivity contribution is -0.138. The first-order valence-electron chi connectivity index (χ1n) is 6.67. The van der Waals surface area contributed by atoms with Crippen LogP contribution in [0.25, 0.3) is 0 Å². The van der Waals surface area contributed by atoms with Gasteiger partial charge in [0.05, 0.1) is 0 Å². The number of hydrogen-bond acceptors (Lipinski definition) is 2. The molecule has 0 bridgehead atoms. The number of amides is 1. The van der Waals surface area contributed by atoms with Gasteiger partial charge in [-0.2, -0.15) is 0 Å². The van der Waals surface area contributed by atoms with Crippen molar-refractivity contribution in [3.05, 3.63) is 35.4 Å². The van der Waals surface area contributed by atoms with Gasteiger partial charge in [-0.15, -0.1) is 0 Å². The van der Waals surface area contributed by atoms with Gasteiger partial charge in [-0.25, -0.2) is 0 Å². The van der Waals surface area contributed by atoms with Crippen LogP contribution in [0.1, 0.15) is 41.6 Å². The maximum atomic E-state index is 12.5. The average molecular weight is 261 g/mol. The largest absolute Gasteiger partial charge is 0.480 e. The minimum Gasteiger partial charge on any atom is -0.480 e. The zero-order valence-corrected chi connectivity index (χ0v) is 11.1. The normalized spacial score (nSPS) is 15.4. The summed E-state index contributed by atoms with van der Waals surface area (Å²) in [4.78, 5) is 25.0. The summed E-state index contributed by atoms with van der Waals surface area (Å²) in [6.45, 7) is 1.71. The van der Waals surface area contributed by atoms with Crippen LogP contribution in [0.2, 0.25) is 0 Å². The highest BCUT2D eigenvalue weighted by atomic mass is 16.4. The topological polar surface area (TPSA) is 57.6 Å². The molecule has 1 aliphatic carbocycles. The molecule has 0 aromatic heterocycles. The lowest BCUT2D eigenvalue weighted by Gasteiger charge is -2.27. The zero-order chi connectivity index (χ0) is 13.8. The van der Waals surface area contributed by atoms with Crippen LogP contribution in [0.15, 0.2) is 24.3 Å². The molecule has 0 heterocycles. The van der Waals surface area contributed by atoms with E-state index >= 15 is 0 Å². The second kappa shape index (κ2) is 5.87. The molecule has 1 fully saturated rings. The minimum atomic E-state index is -0.951. The Morgan fingerprint density at radius 3 is 2.58 bits per heavy atom. The van der Waals surface area contributed by atoms with Crippen LogP contribution in [0.5, 0.6) is 0 Å². The molecule has 0 saturated heterocycles. The monoisotopic (exact) mass is 261 g/mol. The third-order valence-corrected chi connectivity index (χ3v) is 3.60. The zero-order valence-electron chi connectivity index (χ0n) is 11.1. The van der Waals surface area contributed by atoms with E-state index in [-0.39, 0.29) is 18.5 Å². The molecule has 1 aromatic carbocycles. The Labute approximate surface area is 113 Å². The number of rotatable bonds is 4. The van der Waals surface area contributed by atoms with Crippen LogP contribution in [0, 0.1) is 6.92 Å². The average Bonchev–Trinajstić information content (AvgIpc) is 2.88. The van der Waals surface area contributed by atoms with Gasteiger partial charge >= 0.3 is 5.97 Å².